The molecule has 1 amide bonds. The van der Waals surface area contributed by atoms with Crippen LogP contribution in [0.4, 0.5) is 0 Å². The van der Waals surface area contributed by atoms with E-state index in [-0.39, 0.29) is 11.4 Å². The van der Waals surface area contributed by atoms with Gasteiger partial charge in [0.15, 0.2) is 0 Å². The second-order valence-electron chi connectivity index (χ2n) is 6.74. The van der Waals surface area contributed by atoms with E-state index in [9.17, 15) is 4.79 Å². The van der Waals surface area contributed by atoms with Crippen molar-refractivity contribution in [2.24, 2.45) is 23.6 Å². The monoisotopic (exact) mass is 260 g/mol. The Kier molecular flexibility index (Phi) is 2.31. The number of nitrogens with one attached hydrogen (secondary N) is 1. The SMILES string of the molecule is NNC(=O)c1nccn1C12CC3CC(CC(C3)C1)C2. The molecule has 4 fully saturated rings. The van der Waals surface area contributed by atoms with Crippen LogP contribution in [0.25, 0.3) is 0 Å². The number of rotatable bonds is 2. The summed E-state index contributed by atoms with van der Waals surface area (Å²) in [6.45, 7) is 0. The second-order valence-corrected chi connectivity index (χ2v) is 6.74. The van der Waals surface area contributed by atoms with Crippen molar-refractivity contribution >= 4 is 5.91 Å². The van der Waals surface area contributed by atoms with E-state index in [2.05, 4.69) is 15.0 Å². The maximum atomic E-state index is 11.9. The van der Waals surface area contributed by atoms with Gasteiger partial charge in [-0.3, -0.25) is 10.2 Å². The van der Waals surface area contributed by atoms with Gasteiger partial charge in [0.25, 0.3) is 0 Å². The quantitative estimate of drug-likeness (QED) is 0.480. The summed E-state index contributed by atoms with van der Waals surface area (Å²) in [7, 11) is 0. The highest BCUT2D eigenvalue weighted by molar-refractivity contribution is 5.90. The summed E-state index contributed by atoms with van der Waals surface area (Å²) in [6.07, 6.45) is 11.5. The van der Waals surface area contributed by atoms with E-state index in [1.807, 2.05) is 6.20 Å². The van der Waals surface area contributed by atoms with E-state index in [1.54, 1.807) is 6.20 Å². The predicted molar refractivity (Wildman–Crippen MR) is 70.0 cm³/mol. The van der Waals surface area contributed by atoms with E-state index in [0.29, 0.717) is 5.82 Å². The Morgan fingerprint density at radius 1 is 1.26 bits per heavy atom. The highest BCUT2D eigenvalue weighted by atomic mass is 16.2. The molecular weight excluding hydrogens is 240 g/mol. The lowest BCUT2D eigenvalue weighted by Gasteiger charge is -2.57. The molecule has 1 heterocycles. The number of imidazole rings is 1. The van der Waals surface area contributed by atoms with Crippen LogP contribution in [0.2, 0.25) is 0 Å². The fourth-order valence-electron chi connectivity index (χ4n) is 5.28. The molecule has 19 heavy (non-hydrogen) atoms. The zero-order chi connectivity index (χ0) is 13.0. The van der Waals surface area contributed by atoms with E-state index < -0.39 is 0 Å². The summed E-state index contributed by atoms with van der Waals surface area (Å²) in [6, 6.07) is 0. The maximum absolute atomic E-state index is 11.9. The number of nitrogens with zero attached hydrogens (tertiary/aromatic N) is 2. The lowest BCUT2D eigenvalue weighted by Crippen LogP contribution is -2.52. The Balaban J connectivity index is 1.76. The highest BCUT2D eigenvalue weighted by Gasteiger charge is 2.52. The van der Waals surface area contributed by atoms with Gasteiger partial charge in [0, 0.05) is 17.9 Å². The van der Waals surface area contributed by atoms with Crippen molar-refractivity contribution in [2.75, 3.05) is 0 Å². The van der Waals surface area contributed by atoms with Gasteiger partial charge in [0.1, 0.15) is 0 Å². The van der Waals surface area contributed by atoms with Gasteiger partial charge in [-0.1, -0.05) is 0 Å². The molecule has 0 saturated heterocycles. The van der Waals surface area contributed by atoms with Gasteiger partial charge in [-0.15, -0.1) is 0 Å². The molecule has 0 unspecified atom stereocenters. The van der Waals surface area contributed by atoms with Crippen LogP contribution in [-0.4, -0.2) is 15.5 Å². The van der Waals surface area contributed by atoms with Gasteiger partial charge in [-0.25, -0.2) is 10.8 Å². The minimum absolute atomic E-state index is 0.132. The minimum Gasteiger partial charge on any atom is -0.321 e. The summed E-state index contributed by atoms with van der Waals surface area (Å²) in [5.74, 6) is 8.02. The number of carbonyl (C=O) groups is 1. The van der Waals surface area contributed by atoms with E-state index in [4.69, 9.17) is 5.84 Å². The van der Waals surface area contributed by atoms with Gasteiger partial charge in [0.2, 0.25) is 5.82 Å². The number of hydrazine groups is 1. The van der Waals surface area contributed by atoms with Crippen molar-refractivity contribution in [3.63, 3.8) is 0 Å². The molecule has 102 valence electrons. The van der Waals surface area contributed by atoms with Gasteiger partial charge in [-0.2, -0.15) is 0 Å². The zero-order valence-corrected chi connectivity index (χ0v) is 11.0. The van der Waals surface area contributed by atoms with Crippen LogP contribution in [0.3, 0.4) is 0 Å². The van der Waals surface area contributed by atoms with E-state index in [1.165, 1.54) is 38.5 Å². The molecule has 4 aliphatic rings. The number of aromatic nitrogens is 2. The smallest absolute Gasteiger partial charge is 0.301 e. The standard InChI is InChI=1S/C14H20N4O/c15-17-13(19)12-16-1-2-18(12)14-6-9-3-10(7-14)5-11(4-9)8-14/h1-2,9-11H,3-8,15H2,(H,17,19). The Labute approximate surface area is 112 Å². The molecule has 0 aromatic carbocycles. The molecule has 4 saturated carbocycles. The minimum atomic E-state index is -0.277. The Morgan fingerprint density at radius 3 is 2.37 bits per heavy atom. The lowest BCUT2D eigenvalue weighted by atomic mass is 9.53. The van der Waals surface area contributed by atoms with Crippen LogP contribution in [-0.2, 0) is 5.54 Å². The number of hydrogen-bond acceptors (Lipinski definition) is 3. The number of nitrogen functional groups attached to an aromatic ring is 1. The first-order chi connectivity index (χ1) is 9.20. The van der Waals surface area contributed by atoms with Crippen molar-refractivity contribution in [3.05, 3.63) is 18.2 Å². The molecule has 4 aliphatic carbocycles. The van der Waals surface area contributed by atoms with E-state index in [0.717, 1.165) is 17.8 Å². The highest BCUT2D eigenvalue weighted by Crippen LogP contribution is 2.58. The summed E-state index contributed by atoms with van der Waals surface area (Å²) >= 11 is 0. The lowest BCUT2D eigenvalue weighted by molar-refractivity contribution is -0.0440. The number of amides is 1. The molecule has 0 atom stereocenters. The van der Waals surface area contributed by atoms with Gasteiger partial charge in [0.05, 0.1) is 0 Å². The first-order valence-electron chi connectivity index (χ1n) is 7.25. The van der Waals surface area contributed by atoms with Crippen LogP contribution < -0.4 is 11.3 Å². The van der Waals surface area contributed by atoms with Crippen LogP contribution in [0.1, 0.15) is 49.1 Å². The molecule has 0 radical (unpaired) electrons. The fourth-order valence-corrected chi connectivity index (χ4v) is 5.28. The van der Waals surface area contributed by atoms with Crippen molar-refractivity contribution in [1.29, 1.82) is 0 Å². The van der Waals surface area contributed by atoms with E-state index >= 15 is 0 Å². The molecule has 5 heteroatoms. The molecule has 4 bridgehead atoms. The Hall–Kier alpha value is -1.36. The largest absolute Gasteiger partial charge is 0.321 e. The maximum Gasteiger partial charge on any atom is 0.301 e. The topological polar surface area (TPSA) is 72.9 Å². The fraction of sp³-hybridized carbons (Fsp3) is 0.714. The first-order valence-corrected chi connectivity index (χ1v) is 7.25. The number of carbonyl (C=O) groups excluding carboxylic acids is 1. The van der Waals surface area contributed by atoms with Gasteiger partial charge in [-0.05, 0) is 56.3 Å². The Bertz CT molecular complexity index is 486. The molecule has 1 aromatic heterocycles. The average Bonchev–Trinajstić information content (AvgIpc) is 2.86. The Morgan fingerprint density at radius 2 is 1.84 bits per heavy atom. The van der Waals surface area contributed by atoms with Crippen molar-refractivity contribution in [1.82, 2.24) is 15.0 Å². The first kappa shape index (κ1) is 11.5. The zero-order valence-electron chi connectivity index (χ0n) is 11.0. The van der Waals surface area contributed by atoms with Crippen LogP contribution >= 0.6 is 0 Å². The summed E-state index contributed by atoms with van der Waals surface area (Å²) < 4.78 is 2.12. The summed E-state index contributed by atoms with van der Waals surface area (Å²) in [4.78, 5) is 16.1. The van der Waals surface area contributed by atoms with Crippen molar-refractivity contribution in [3.8, 4) is 0 Å². The molecule has 3 N–H and O–H groups in total. The molecule has 0 spiro atoms. The second kappa shape index (κ2) is 3.82. The predicted octanol–water partition coefficient (Wildman–Crippen LogP) is 1.41. The van der Waals surface area contributed by atoms with Crippen molar-refractivity contribution < 1.29 is 4.79 Å². The average molecular weight is 260 g/mol. The molecule has 5 nitrogen and oxygen atoms in total. The third-order valence-electron chi connectivity index (χ3n) is 5.49. The van der Waals surface area contributed by atoms with Crippen LogP contribution in [0.5, 0.6) is 0 Å². The normalized spacial score (nSPS) is 39.5. The molecule has 0 aliphatic heterocycles. The third kappa shape index (κ3) is 1.57. The number of hydrogen-bond donors (Lipinski definition) is 2. The van der Waals surface area contributed by atoms with Gasteiger partial charge < -0.3 is 4.57 Å². The molecule has 1 aromatic rings. The molecular formula is C14H20N4O. The van der Waals surface area contributed by atoms with Crippen LogP contribution in [0, 0.1) is 17.8 Å². The molecule has 5 rings (SSSR count). The van der Waals surface area contributed by atoms with Crippen LogP contribution in [0.15, 0.2) is 12.4 Å². The van der Waals surface area contributed by atoms with Crippen molar-refractivity contribution in [2.45, 2.75) is 44.1 Å². The summed E-state index contributed by atoms with van der Waals surface area (Å²) in [5.41, 5.74) is 2.35. The third-order valence-corrected chi connectivity index (χ3v) is 5.49. The van der Waals surface area contributed by atoms with Gasteiger partial charge >= 0.3 is 5.91 Å². The number of nitrogens with two attached hydrogens (primary N) is 1. The summed E-state index contributed by atoms with van der Waals surface area (Å²) in [5, 5.41) is 0.